The summed E-state index contributed by atoms with van der Waals surface area (Å²) < 4.78 is 2.21. The summed E-state index contributed by atoms with van der Waals surface area (Å²) in [6, 6.07) is -1.21. The van der Waals surface area contributed by atoms with Crippen molar-refractivity contribution >= 4 is 17.5 Å². The molecule has 0 saturated carbocycles. The van der Waals surface area contributed by atoms with E-state index in [2.05, 4.69) is 15.4 Å². The van der Waals surface area contributed by atoms with Crippen molar-refractivity contribution in [2.45, 2.75) is 19.5 Å². The van der Waals surface area contributed by atoms with Crippen LogP contribution in [0.3, 0.4) is 0 Å². The zero-order valence-electron chi connectivity index (χ0n) is 9.98. The fraction of sp³-hybridized carbons (Fsp3) is 0.300. The lowest BCUT2D eigenvalue weighted by Gasteiger charge is -2.11. The molecule has 0 spiro atoms. The molecule has 0 aliphatic carbocycles. The number of carbonyl (C=O) groups excluding carboxylic acids is 1. The molecule has 19 heavy (non-hydrogen) atoms. The molecule has 0 radical (unpaired) electrons. The molecule has 2 aromatic rings. The van der Waals surface area contributed by atoms with Crippen molar-refractivity contribution in [2.24, 2.45) is 0 Å². The lowest BCUT2D eigenvalue weighted by Crippen LogP contribution is -2.44. The van der Waals surface area contributed by atoms with Crippen LogP contribution in [0.1, 0.15) is 6.92 Å². The lowest BCUT2D eigenvalue weighted by atomic mass is 10.3. The molecule has 1 unspecified atom stereocenters. The van der Waals surface area contributed by atoms with E-state index in [1.807, 2.05) is 0 Å². The quantitative estimate of drug-likeness (QED) is 0.693. The second-order valence-electron chi connectivity index (χ2n) is 3.86. The third-order valence-corrected chi connectivity index (χ3v) is 2.42. The van der Waals surface area contributed by atoms with Crippen LogP contribution >= 0.6 is 0 Å². The summed E-state index contributed by atoms with van der Waals surface area (Å²) >= 11 is 0. The minimum atomic E-state index is -1.24. The van der Waals surface area contributed by atoms with Crippen molar-refractivity contribution in [3.8, 4) is 0 Å². The van der Waals surface area contributed by atoms with Gasteiger partial charge in [-0.15, -0.1) is 5.10 Å². The highest BCUT2D eigenvalue weighted by atomic mass is 16.4. The number of hydrogen-bond donors (Lipinski definition) is 2. The Morgan fingerprint density at radius 2 is 2.26 bits per heavy atom. The fourth-order valence-electron chi connectivity index (χ4n) is 1.60. The largest absolute Gasteiger partial charge is 0.480 e. The SMILES string of the molecule is CC(=O)NC(Cn1nc2cnccn2c1=O)C(=O)O. The van der Waals surface area contributed by atoms with Gasteiger partial charge in [0.2, 0.25) is 5.91 Å². The van der Waals surface area contributed by atoms with Crippen LogP contribution in [-0.2, 0) is 16.1 Å². The highest BCUT2D eigenvalue weighted by Crippen LogP contribution is 1.95. The van der Waals surface area contributed by atoms with Gasteiger partial charge in [-0.1, -0.05) is 0 Å². The van der Waals surface area contributed by atoms with Gasteiger partial charge in [-0.2, -0.15) is 0 Å². The number of fused-ring (bicyclic) bond motifs is 1. The first-order valence-corrected chi connectivity index (χ1v) is 5.38. The van der Waals surface area contributed by atoms with Crippen molar-refractivity contribution in [1.82, 2.24) is 24.5 Å². The minimum absolute atomic E-state index is 0.255. The molecule has 2 rings (SSSR count). The summed E-state index contributed by atoms with van der Waals surface area (Å²) in [6.07, 6.45) is 4.23. The number of carboxylic acids is 1. The number of carboxylic acid groups (broad SMARTS) is 1. The number of carbonyl (C=O) groups is 2. The highest BCUT2D eigenvalue weighted by Gasteiger charge is 2.21. The van der Waals surface area contributed by atoms with Crippen molar-refractivity contribution in [3.05, 3.63) is 29.1 Å². The van der Waals surface area contributed by atoms with Crippen LogP contribution in [0, 0.1) is 0 Å². The maximum absolute atomic E-state index is 11.9. The third-order valence-electron chi connectivity index (χ3n) is 2.42. The van der Waals surface area contributed by atoms with E-state index < -0.39 is 23.6 Å². The van der Waals surface area contributed by atoms with E-state index in [9.17, 15) is 14.4 Å². The molecule has 9 heteroatoms. The van der Waals surface area contributed by atoms with E-state index in [0.29, 0.717) is 5.65 Å². The summed E-state index contributed by atoms with van der Waals surface area (Å²) in [6.45, 7) is 0.946. The van der Waals surface area contributed by atoms with Gasteiger partial charge in [0.05, 0.1) is 12.7 Å². The van der Waals surface area contributed by atoms with Crippen LogP contribution < -0.4 is 11.0 Å². The van der Waals surface area contributed by atoms with Gasteiger partial charge in [0.15, 0.2) is 5.65 Å². The molecule has 0 aliphatic rings. The number of rotatable bonds is 4. The van der Waals surface area contributed by atoms with Gasteiger partial charge in [0, 0.05) is 19.3 Å². The van der Waals surface area contributed by atoms with Gasteiger partial charge in [-0.25, -0.2) is 18.7 Å². The number of amides is 1. The Kier molecular flexibility index (Phi) is 3.27. The Morgan fingerprint density at radius 1 is 1.53 bits per heavy atom. The number of aromatic nitrogens is 4. The van der Waals surface area contributed by atoms with E-state index in [1.165, 1.54) is 29.9 Å². The molecule has 0 bridgehead atoms. The molecule has 0 aliphatic heterocycles. The van der Waals surface area contributed by atoms with Crippen molar-refractivity contribution in [1.29, 1.82) is 0 Å². The zero-order valence-corrected chi connectivity index (χ0v) is 9.98. The van der Waals surface area contributed by atoms with Crippen molar-refractivity contribution in [2.75, 3.05) is 0 Å². The molecule has 0 aromatic carbocycles. The Balaban J connectivity index is 2.34. The lowest BCUT2D eigenvalue weighted by molar-refractivity contribution is -0.142. The van der Waals surface area contributed by atoms with Crippen LogP contribution in [0.25, 0.3) is 5.65 Å². The summed E-state index contributed by atoms with van der Waals surface area (Å²) in [5.74, 6) is -1.73. The topological polar surface area (TPSA) is 119 Å². The average Bonchev–Trinajstić information content (AvgIpc) is 2.65. The maximum Gasteiger partial charge on any atom is 0.350 e. The molecule has 2 N–H and O–H groups in total. The van der Waals surface area contributed by atoms with Crippen LogP contribution in [0.4, 0.5) is 0 Å². The van der Waals surface area contributed by atoms with E-state index in [4.69, 9.17) is 5.11 Å². The van der Waals surface area contributed by atoms with Gasteiger partial charge < -0.3 is 10.4 Å². The van der Waals surface area contributed by atoms with Gasteiger partial charge >= 0.3 is 11.7 Å². The Labute approximate surface area is 106 Å². The summed E-state index contributed by atoms with van der Waals surface area (Å²) in [4.78, 5) is 37.6. The van der Waals surface area contributed by atoms with Crippen LogP contribution in [-0.4, -0.2) is 42.2 Å². The molecule has 2 heterocycles. The second kappa shape index (κ2) is 4.88. The fourth-order valence-corrected chi connectivity index (χ4v) is 1.60. The monoisotopic (exact) mass is 265 g/mol. The molecule has 9 nitrogen and oxygen atoms in total. The van der Waals surface area contributed by atoms with Gasteiger partial charge in [-0.05, 0) is 0 Å². The second-order valence-corrected chi connectivity index (χ2v) is 3.86. The van der Waals surface area contributed by atoms with Gasteiger partial charge in [0.25, 0.3) is 0 Å². The molecule has 1 amide bonds. The Bertz CT molecular complexity index is 689. The number of nitrogens with zero attached hydrogens (tertiary/aromatic N) is 4. The molecule has 2 aromatic heterocycles. The summed E-state index contributed by atoms with van der Waals surface area (Å²) in [7, 11) is 0. The standard InChI is InChI=1S/C10H11N5O4/c1-6(16)12-7(9(17)18)5-15-10(19)14-3-2-11-4-8(14)13-15/h2-4,7H,5H2,1H3,(H,12,16)(H,17,18). The first-order chi connectivity index (χ1) is 8.99. The summed E-state index contributed by atoms with van der Waals surface area (Å²) in [5, 5.41) is 15.1. The van der Waals surface area contributed by atoms with E-state index in [1.54, 1.807) is 0 Å². The Hall–Kier alpha value is -2.71. The zero-order chi connectivity index (χ0) is 14.0. The third kappa shape index (κ3) is 2.59. The van der Waals surface area contributed by atoms with E-state index >= 15 is 0 Å². The van der Waals surface area contributed by atoms with E-state index in [0.717, 1.165) is 4.68 Å². The van der Waals surface area contributed by atoms with Crippen molar-refractivity contribution < 1.29 is 14.7 Å². The number of hydrogen-bond acceptors (Lipinski definition) is 5. The maximum atomic E-state index is 11.9. The van der Waals surface area contributed by atoms with Crippen LogP contribution in [0.5, 0.6) is 0 Å². The van der Waals surface area contributed by atoms with Crippen molar-refractivity contribution in [3.63, 3.8) is 0 Å². The molecular weight excluding hydrogens is 254 g/mol. The number of nitrogens with one attached hydrogen (secondary N) is 1. The normalized spacial score (nSPS) is 12.3. The molecule has 0 saturated heterocycles. The van der Waals surface area contributed by atoms with Gasteiger partial charge in [0.1, 0.15) is 6.04 Å². The van der Waals surface area contributed by atoms with Crippen LogP contribution in [0.2, 0.25) is 0 Å². The van der Waals surface area contributed by atoms with Crippen LogP contribution in [0.15, 0.2) is 23.4 Å². The average molecular weight is 265 g/mol. The smallest absolute Gasteiger partial charge is 0.350 e. The molecule has 1 atom stereocenters. The molecule has 0 fully saturated rings. The predicted octanol–water partition coefficient (Wildman–Crippen LogP) is -1.52. The highest BCUT2D eigenvalue weighted by molar-refractivity contribution is 5.81. The van der Waals surface area contributed by atoms with E-state index in [-0.39, 0.29) is 6.54 Å². The first kappa shape index (κ1) is 12.7. The summed E-state index contributed by atoms with van der Waals surface area (Å²) in [5.41, 5.74) is -0.187. The molecule has 100 valence electrons. The Morgan fingerprint density at radius 3 is 2.84 bits per heavy atom. The molecular formula is C10H11N5O4. The first-order valence-electron chi connectivity index (χ1n) is 5.38. The van der Waals surface area contributed by atoms with Gasteiger partial charge in [-0.3, -0.25) is 9.78 Å². The number of aliphatic carboxylic acids is 1. The minimum Gasteiger partial charge on any atom is -0.480 e. The predicted molar refractivity (Wildman–Crippen MR) is 62.5 cm³/mol.